The van der Waals surface area contributed by atoms with E-state index < -0.39 is 4.92 Å². The van der Waals surface area contributed by atoms with Gasteiger partial charge in [-0.1, -0.05) is 12.1 Å². The summed E-state index contributed by atoms with van der Waals surface area (Å²) >= 11 is 0. The summed E-state index contributed by atoms with van der Waals surface area (Å²) < 4.78 is 5.38. The summed E-state index contributed by atoms with van der Waals surface area (Å²) in [5, 5.41) is 14.0. The van der Waals surface area contributed by atoms with E-state index in [0.717, 1.165) is 12.1 Å². The SMILES string of the molecule is CC(C)N(Cc1ccc([N+](=O)[O-])cc1)C(=O)CC1COCCN1.Cl. The van der Waals surface area contributed by atoms with Gasteiger partial charge in [0.1, 0.15) is 0 Å². The highest BCUT2D eigenvalue weighted by molar-refractivity contribution is 5.85. The maximum Gasteiger partial charge on any atom is 0.269 e. The number of nitrogens with one attached hydrogen (secondary N) is 1. The molecule has 1 saturated heterocycles. The lowest BCUT2D eigenvalue weighted by Gasteiger charge is -2.30. The molecule has 1 N–H and O–H groups in total. The van der Waals surface area contributed by atoms with Crippen LogP contribution in [-0.2, 0) is 16.1 Å². The molecule has 0 bridgehead atoms. The van der Waals surface area contributed by atoms with Gasteiger partial charge in [0.2, 0.25) is 5.91 Å². The molecule has 1 amide bonds. The van der Waals surface area contributed by atoms with Crippen LogP contribution < -0.4 is 5.32 Å². The second-order valence-corrected chi connectivity index (χ2v) is 5.97. The maximum atomic E-state index is 12.6. The summed E-state index contributed by atoms with van der Waals surface area (Å²) in [6, 6.07) is 6.44. The normalized spacial score (nSPS) is 17.2. The molecule has 1 aromatic carbocycles. The van der Waals surface area contributed by atoms with Crippen molar-refractivity contribution in [2.24, 2.45) is 0 Å². The minimum Gasteiger partial charge on any atom is -0.378 e. The van der Waals surface area contributed by atoms with Gasteiger partial charge in [-0.3, -0.25) is 14.9 Å². The number of halogens is 1. The van der Waals surface area contributed by atoms with Crippen molar-refractivity contribution in [1.29, 1.82) is 0 Å². The molecule has 134 valence electrons. The molecular formula is C16H24ClN3O4. The lowest BCUT2D eigenvalue weighted by molar-refractivity contribution is -0.384. The molecule has 0 saturated carbocycles. The van der Waals surface area contributed by atoms with Gasteiger partial charge in [0.15, 0.2) is 0 Å². The highest BCUT2D eigenvalue weighted by atomic mass is 35.5. The third kappa shape index (κ3) is 5.74. The number of ether oxygens (including phenoxy) is 1. The first-order valence-electron chi connectivity index (χ1n) is 7.81. The Kier molecular flexibility index (Phi) is 8.10. The molecule has 1 unspecified atom stereocenters. The highest BCUT2D eigenvalue weighted by Crippen LogP contribution is 2.16. The van der Waals surface area contributed by atoms with Gasteiger partial charge in [-0.2, -0.15) is 0 Å². The van der Waals surface area contributed by atoms with E-state index in [4.69, 9.17) is 4.74 Å². The Labute approximate surface area is 147 Å². The minimum atomic E-state index is -0.427. The van der Waals surface area contributed by atoms with Gasteiger partial charge in [0.05, 0.1) is 18.1 Å². The van der Waals surface area contributed by atoms with E-state index in [2.05, 4.69) is 5.32 Å². The first kappa shape index (κ1) is 20.3. The fraction of sp³-hybridized carbons (Fsp3) is 0.562. The standard InChI is InChI=1S/C16H23N3O4.ClH/c1-12(2)18(16(20)9-14-11-23-8-7-17-14)10-13-3-5-15(6-4-13)19(21)22;/h3-6,12,14,17H,7-11H2,1-2H3;1H. The summed E-state index contributed by atoms with van der Waals surface area (Å²) in [5.41, 5.74) is 0.935. The second-order valence-electron chi connectivity index (χ2n) is 5.97. The van der Waals surface area contributed by atoms with Crippen molar-refractivity contribution in [1.82, 2.24) is 10.2 Å². The van der Waals surface area contributed by atoms with Gasteiger partial charge in [0, 0.05) is 43.7 Å². The Balaban J connectivity index is 0.00000288. The highest BCUT2D eigenvalue weighted by Gasteiger charge is 2.23. The number of hydrogen-bond acceptors (Lipinski definition) is 5. The zero-order chi connectivity index (χ0) is 16.8. The van der Waals surface area contributed by atoms with Crippen molar-refractivity contribution >= 4 is 24.0 Å². The lowest BCUT2D eigenvalue weighted by atomic mass is 10.1. The van der Waals surface area contributed by atoms with Crippen LogP contribution in [0.3, 0.4) is 0 Å². The number of non-ortho nitro benzene ring substituents is 1. The first-order valence-corrected chi connectivity index (χ1v) is 7.81. The maximum absolute atomic E-state index is 12.6. The molecule has 1 aromatic rings. The van der Waals surface area contributed by atoms with Gasteiger partial charge in [-0.25, -0.2) is 0 Å². The number of amides is 1. The van der Waals surface area contributed by atoms with Crippen LogP contribution in [0.4, 0.5) is 5.69 Å². The average molecular weight is 358 g/mol. The van der Waals surface area contributed by atoms with E-state index in [-0.39, 0.29) is 36.1 Å². The molecule has 1 atom stereocenters. The van der Waals surface area contributed by atoms with E-state index in [1.54, 1.807) is 17.0 Å². The zero-order valence-electron chi connectivity index (χ0n) is 13.9. The number of nitrogens with zero attached hydrogens (tertiary/aromatic N) is 2. The Hall–Kier alpha value is -1.70. The van der Waals surface area contributed by atoms with Gasteiger partial charge in [0.25, 0.3) is 5.69 Å². The molecule has 7 nitrogen and oxygen atoms in total. The van der Waals surface area contributed by atoms with Crippen LogP contribution in [0.15, 0.2) is 24.3 Å². The van der Waals surface area contributed by atoms with Crippen molar-refractivity contribution in [2.75, 3.05) is 19.8 Å². The molecule has 24 heavy (non-hydrogen) atoms. The Morgan fingerprint density at radius 3 is 2.58 bits per heavy atom. The Bertz CT molecular complexity index is 545. The molecule has 0 aliphatic carbocycles. The molecule has 1 aliphatic heterocycles. The van der Waals surface area contributed by atoms with Crippen LogP contribution in [0, 0.1) is 10.1 Å². The van der Waals surface area contributed by atoms with Crippen LogP contribution in [0.5, 0.6) is 0 Å². The number of benzene rings is 1. The predicted octanol–water partition coefficient (Wildman–Crippen LogP) is 2.13. The topological polar surface area (TPSA) is 84.7 Å². The van der Waals surface area contributed by atoms with E-state index in [0.29, 0.717) is 26.2 Å². The van der Waals surface area contributed by atoms with Crippen molar-refractivity contribution < 1.29 is 14.5 Å². The zero-order valence-corrected chi connectivity index (χ0v) is 14.8. The average Bonchev–Trinajstić information content (AvgIpc) is 2.53. The Morgan fingerprint density at radius 2 is 2.08 bits per heavy atom. The first-order chi connectivity index (χ1) is 11.0. The molecule has 0 aromatic heterocycles. The molecule has 1 heterocycles. The molecule has 0 radical (unpaired) electrons. The third-order valence-corrected chi connectivity index (χ3v) is 3.86. The smallest absolute Gasteiger partial charge is 0.269 e. The fourth-order valence-corrected chi connectivity index (χ4v) is 2.56. The summed E-state index contributed by atoms with van der Waals surface area (Å²) in [5.74, 6) is 0.0568. The fourth-order valence-electron chi connectivity index (χ4n) is 2.56. The van der Waals surface area contributed by atoms with E-state index in [9.17, 15) is 14.9 Å². The van der Waals surface area contributed by atoms with Gasteiger partial charge in [-0.15, -0.1) is 12.4 Å². The largest absolute Gasteiger partial charge is 0.378 e. The number of carbonyl (C=O) groups is 1. The second kappa shape index (κ2) is 9.56. The molecule has 1 aliphatic rings. The number of morpholine rings is 1. The van der Waals surface area contributed by atoms with Crippen LogP contribution in [0.2, 0.25) is 0 Å². The lowest BCUT2D eigenvalue weighted by Crippen LogP contribution is -2.46. The summed E-state index contributed by atoms with van der Waals surface area (Å²) in [4.78, 5) is 24.6. The minimum absolute atomic E-state index is 0. The van der Waals surface area contributed by atoms with E-state index in [1.807, 2.05) is 13.8 Å². The van der Waals surface area contributed by atoms with Crippen LogP contribution in [0.25, 0.3) is 0 Å². The van der Waals surface area contributed by atoms with Crippen molar-refractivity contribution in [3.8, 4) is 0 Å². The van der Waals surface area contributed by atoms with E-state index in [1.165, 1.54) is 12.1 Å². The van der Waals surface area contributed by atoms with Crippen molar-refractivity contribution in [3.63, 3.8) is 0 Å². The molecule has 8 heteroatoms. The van der Waals surface area contributed by atoms with Gasteiger partial charge >= 0.3 is 0 Å². The Morgan fingerprint density at radius 1 is 1.42 bits per heavy atom. The molecule has 0 spiro atoms. The quantitative estimate of drug-likeness (QED) is 0.622. The number of nitro groups is 1. The number of rotatable bonds is 6. The molecule has 2 rings (SSSR count). The molecule has 1 fully saturated rings. The number of hydrogen-bond donors (Lipinski definition) is 1. The summed E-state index contributed by atoms with van der Waals surface area (Å²) in [6.45, 7) is 6.38. The third-order valence-electron chi connectivity index (χ3n) is 3.86. The molecular weight excluding hydrogens is 334 g/mol. The van der Waals surface area contributed by atoms with Gasteiger partial charge < -0.3 is 15.0 Å². The number of carbonyl (C=O) groups excluding carboxylic acids is 1. The van der Waals surface area contributed by atoms with Crippen molar-refractivity contribution in [3.05, 3.63) is 39.9 Å². The van der Waals surface area contributed by atoms with Crippen molar-refractivity contribution in [2.45, 2.75) is 38.9 Å². The number of nitro benzene ring substituents is 1. The summed E-state index contributed by atoms with van der Waals surface area (Å²) in [7, 11) is 0. The van der Waals surface area contributed by atoms with Crippen LogP contribution >= 0.6 is 12.4 Å². The van der Waals surface area contributed by atoms with Gasteiger partial charge in [-0.05, 0) is 19.4 Å². The predicted molar refractivity (Wildman–Crippen MR) is 93.3 cm³/mol. The van der Waals surface area contributed by atoms with Crippen LogP contribution in [0.1, 0.15) is 25.8 Å². The van der Waals surface area contributed by atoms with Crippen LogP contribution in [-0.4, -0.2) is 47.6 Å². The van der Waals surface area contributed by atoms with E-state index >= 15 is 0 Å². The summed E-state index contributed by atoms with van der Waals surface area (Å²) in [6.07, 6.45) is 0.394. The monoisotopic (exact) mass is 357 g/mol.